The summed E-state index contributed by atoms with van der Waals surface area (Å²) in [7, 11) is 0. The number of benzene rings is 1. The number of terminal acetylenes is 1. The summed E-state index contributed by atoms with van der Waals surface area (Å²) in [5.41, 5.74) is 2.99. The zero-order valence-electron chi connectivity index (χ0n) is 26.3. The maximum absolute atomic E-state index is 12.9. The molecule has 1 amide bonds. The van der Waals surface area contributed by atoms with E-state index in [2.05, 4.69) is 25.8 Å². The third-order valence-corrected chi connectivity index (χ3v) is 13.1. The fraction of sp³-hybridized carbons (Fsp3) is 0.730. The molecule has 6 rings (SSSR count). The molecule has 0 saturated heterocycles. The number of hydrogen-bond acceptors (Lipinski definition) is 5. The molecular weight excluding hydrogens is 538 g/mol. The van der Waals surface area contributed by atoms with Crippen molar-refractivity contribution in [3.63, 3.8) is 0 Å². The van der Waals surface area contributed by atoms with Crippen molar-refractivity contribution >= 4 is 12.1 Å². The van der Waals surface area contributed by atoms with Crippen LogP contribution >= 0.6 is 0 Å². The topological polar surface area (TPSA) is 76.1 Å². The third-order valence-electron chi connectivity index (χ3n) is 13.1. The molecule has 5 aliphatic rings. The van der Waals surface area contributed by atoms with E-state index in [1.807, 2.05) is 18.2 Å². The molecule has 234 valence electrons. The summed E-state index contributed by atoms with van der Waals surface area (Å²) in [5.74, 6) is 5.22. The predicted molar refractivity (Wildman–Crippen MR) is 166 cm³/mol. The van der Waals surface area contributed by atoms with Crippen LogP contribution in [0.25, 0.3) is 0 Å². The summed E-state index contributed by atoms with van der Waals surface area (Å²) in [6, 6.07) is 7.97. The lowest BCUT2D eigenvalue weighted by molar-refractivity contribution is -0.163. The van der Waals surface area contributed by atoms with Crippen LogP contribution in [0.2, 0.25) is 0 Å². The number of esters is 1. The van der Waals surface area contributed by atoms with E-state index < -0.39 is 12.9 Å². The molecule has 5 aliphatic carbocycles. The molecule has 1 aromatic rings. The number of nitrogens with zero attached hydrogens (tertiary/aromatic N) is 1. The van der Waals surface area contributed by atoms with E-state index in [0.717, 1.165) is 37.7 Å². The van der Waals surface area contributed by atoms with Gasteiger partial charge in [-0.25, -0.2) is 4.79 Å². The lowest BCUT2D eigenvalue weighted by atomic mass is 9.44. The van der Waals surface area contributed by atoms with Gasteiger partial charge < -0.3 is 14.6 Å². The van der Waals surface area contributed by atoms with E-state index >= 15 is 0 Å². The first-order chi connectivity index (χ1) is 20.8. The summed E-state index contributed by atoms with van der Waals surface area (Å²) in [4.78, 5) is 27.0. The third kappa shape index (κ3) is 5.60. The van der Waals surface area contributed by atoms with Gasteiger partial charge in [-0.05, 0) is 122 Å². The molecule has 0 heterocycles. The van der Waals surface area contributed by atoms with Gasteiger partial charge in [-0.3, -0.25) is 9.69 Å². The molecule has 4 saturated carbocycles. The summed E-state index contributed by atoms with van der Waals surface area (Å²) in [5, 5.41) is 11.4. The first kappa shape index (κ1) is 30.5. The first-order valence-electron chi connectivity index (χ1n) is 17.0. The van der Waals surface area contributed by atoms with Gasteiger partial charge in [0.2, 0.25) is 6.79 Å². The number of ether oxygens (including phenoxy) is 2. The zero-order chi connectivity index (χ0) is 30.2. The number of fused-ring (bicyclic) bond motifs is 6. The molecule has 1 N–H and O–H groups in total. The van der Waals surface area contributed by atoms with Crippen LogP contribution in [0.5, 0.6) is 0 Å². The number of rotatable bonds is 8. The van der Waals surface area contributed by atoms with Crippen LogP contribution < -0.4 is 0 Å². The molecule has 6 heteroatoms. The number of hydrogen-bond donors (Lipinski definition) is 1. The normalized spacial score (nSPS) is 37.7. The highest BCUT2D eigenvalue weighted by Crippen LogP contribution is 2.67. The summed E-state index contributed by atoms with van der Waals surface area (Å²) < 4.78 is 10.7. The number of carbonyl (C=O) groups is 2. The highest BCUT2D eigenvalue weighted by molar-refractivity contribution is 5.71. The van der Waals surface area contributed by atoms with Crippen LogP contribution in [0.3, 0.4) is 0 Å². The molecular formula is C37H51NO5. The second-order valence-corrected chi connectivity index (χ2v) is 14.9. The molecule has 4 fully saturated rings. The Kier molecular flexibility index (Phi) is 8.84. The molecule has 0 aliphatic heterocycles. The predicted octanol–water partition coefficient (Wildman–Crippen LogP) is 7.44. The fourth-order valence-corrected chi connectivity index (χ4v) is 10.9. The molecule has 8 unspecified atom stereocenters. The maximum Gasteiger partial charge on any atom is 0.413 e. The van der Waals surface area contributed by atoms with Gasteiger partial charge in [-0.1, -0.05) is 56.9 Å². The number of aliphatic hydroxyl groups excluding tert-OH is 1. The lowest BCUT2D eigenvalue weighted by Crippen LogP contribution is -2.57. The maximum atomic E-state index is 12.9. The van der Waals surface area contributed by atoms with Gasteiger partial charge in [-0.15, -0.1) is 6.42 Å². The number of aryl methyl sites for hydroxylation is 1. The Morgan fingerprint density at radius 3 is 2.67 bits per heavy atom. The average molecular weight is 590 g/mol. The second kappa shape index (κ2) is 12.5. The minimum atomic E-state index is -0.550. The van der Waals surface area contributed by atoms with Crippen molar-refractivity contribution < 1.29 is 24.2 Å². The van der Waals surface area contributed by atoms with Gasteiger partial charge in [-0.2, -0.15) is 0 Å². The van der Waals surface area contributed by atoms with Crippen LogP contribution in [0.1, 0.15) is 114 Å². The molecule has 0 spiro atoms. The number of amides is 1. The highest BCUT2D eigenvalue weighted by atomic mass is 16.7. The Balaban J connectivity index is 0.967. The van der Waals surface area contributed by atoms with Crippen LogP contribution in [0.4, 0.5) is 4.79 Å². The lowest BCUT2D eigenvalue weighted by Gasteiger charge is -2.62. The monoisotopic (exact) mass is 589 g/mol. The molecule has 0 bridgehead atoms. The van der Waals surface area contributed by atoms with Gasteiger partial charge in [0, 0.05) is 6.42 Å². The van der Waals surface area contributed by atoms with Crippen LogP contribution in [-0.2, 0) is 20.7 Å². The second-order valence-electron chi connectivity index (χ2n) is 14.9. The highest BCUT2D eigenvalue weighted by Gasteiger charge is 2.61. The Bertz CT molecular complexity index is 1220. The molecule has 43 heavy (non-hydrogen) atoms. The van der Waals surface area contributed by atoms with Crippen molar-refractivity contribution in [2.75, 3.05) is 13.3 Å². The zero-order valence-corrected chi connectivity index (χ0v) is 26.3. The van der Waals surface area contributed by atoms with Gasteiger partial charge >= 0.3 is 12.1 Å². The molecule has 1 aromatic carbocycles. The van der Waals surface area contributed by atoms with Gasteiger partial charge in [0.05, 0.1) is 18.7 Å². The molecule has 6 nitrogen and oxygen atoms in total. The minimum absolute atomic E-state index is 0.121. The molecule has 9 atom stereocenters. The summed E-state index contributed by atoms with van der Waals surface area (Å²) in [6.45, 7) is 4.79. The van der Waals surface area contributed by atoms with E-state index in [9.17, 15) is 14.7 Å². The van der Waals surface area contributed by atoms with Crippen molar-refractivity contribution in [1.29, 1.82) is 0 Å². The Morgan fingerprint density at radius 1 is 1.02 bits per heavy atom. The Morgan fingerprint density at radius 2 is 1.84 bits per heavy atom. The van der Waals surface area contributed by atoms with Crippen LogP contribution in [0, 0.1) is 52.8 Å². The minimum Gasteiger partial charge on any atom is -0.428 e. The van der Waals surface area contributed by atoms with E-state index in [1.165, 1.54) is 56.9 Å². The van der Waals surface area contributed by atoms with Gasteiger partial charge in [0.1, 0.15) is 0 Å². The summed E-state index contributed by atoms with van der Waals surface area (Å²) in [6.07, 6.45) is 19.9. The summed E-state index contributed by atoms with van der Waals surface area (Å²) >= 11 is 0. The smallest absolute Gasteiger partial charge is 0.413 e. The largest absolute Gasteiger partial charge is 0.428 e. The van der Waals surface area contributed by atoms with Gasteiger partial charge in [0.15, 0.2) is 0 Å². The standard InChI is InChI=1S/C37H51NO5/c1-4-22-38(31-18-15-25-10-5-6-13-28(25)31)35(41)43-24-42-33(40)14-9-12-26-16-17-29-34-30(19-21-37(26,29)3)36(2)20-8-7-11-27(36)23-32(34)39/h1,5-6,10,13,26-27,29-32,34,39H,7-9,11-12,14-24H2,2-3H3/t26-,27?,29?,30?,31?,32?,34?,36?,37?/m0/s1. The van der Waals surface area contributed by atoms with Crippen molar-refractivity contribution in [1.82, 2.24) is 4.90 Å². The Labute approximate surface area is 258 Å². The van der Waals surface area contributed by atoms with Crippen molar-refractivity contribution in [3.8, 4) is 12.3 Å². The number of aliphatic hydroxyl groups is 1. The van der Waals surface area contributed by atoms with E-state index in [-0.39, 0.29) is 30.1 Å². The van der Waals surface area contributed by atoms with Crippen molar-refractivity contribution in [2.45, 2.75) is 116 Å². The van der Waals surface area contributed by atoms with Gasteiger partial charge in [0.25, 0.3) is 0 Å². The molecule has 0 aromatic heterocycles. The van der Waals surface area contributed by atoms with E-state index in [4.69, 9.17) is 15.9 Å². The van der Waals surface area contributed by atoms with E-state index in [0.29, 0.717) is 41.4 Å². The average Bonchev–Trinajstić information content (AvgIpc) is 3.57. The van der Waals surface area contributed by atoms with Crippen LogP contribution in [0.15, 0.2) is 24.3 Å². The van der Waals surface area contributed by atoms with Crippen LogP contribution in [-0.4, -0.2) is 41.5 Å². The Hall–Kier alpha value is -2.52. The number of carbonyl (C=O) groups excluding carboxylic acids is 2. The molecule has 0 radical (unpaired) electrons. The van der Waals surface area contributed by atoms with E-state index in [1.54, 1.807) is 4.90 Å². The van der Waals surface area contributed by atoms with Crippen molar-refractivity contribution in [2.24, 2.45) is 40.4 Å². The first-order valence-corrected chi connectivity index (χ1v) is 17.0. The fourth-order valence-electron chi connectivity index (χ4n) is 10.9. The quantitative estimate of drug-likeness (QED) is 0.194. The van der Waals surface area contributed by atoms with Crippen molar-refractivity contribution in [3.05, 3.63) is 35.4 Å². The SMILES string of the molecule is C#CCN(C(=O)OCOC(=O)CCC[C@H]1CCC2C3C(O)CC4CCCCC4(C)C3CCC21C)C1CCc2ccccc21.